The largest absolute Gasteiger partial charge is 0.489 e. The number of carboxylic acid groups (broad SMARTS) is 1. The van der Waals surface area contributed by atoms with Crippen LogP contribution in [0.1, 0.15) is 55.4 Å². The third-order valence-corrected chi connectivity index (χ3v) is 6.74. The molecule has 0 spiro atoms. The smallest absolute Gasteiger partial charge is 0.416 e. The van der Waals surface area contributed by atoms with Crippen LogP contribution in [0.3, 0.4) is 0 Å². The molecule has 0 saturated heterocycles. The SMILES string of the molecule is CC1(C)CCC=C1c1cc(COc2cccc(CCC(=O)O)c2)ccc1-c1cc(C(F)(F)F)ccc1F. The molecule has 3 aromatic rings. The van der Waals surface area contributed by atoms with Crippen molar-refractivity contribution in [3.63, 3.8) is 0 Å². The van der Waals surface area contributed by atoms with Crippen molar-refractivity contribution < 1.29 is 32.2 Å². The van der Waals surface area contributed by atoms with Gasteiger partial charge in [-0.3, -0.25) is 4.79 Å². The fraction of sp³-hybridized carbons (Fsp3) is 0.300. The van der Waals surface area contributed by atoms with Crippen LogP contribution >= 0.6 is 0 Å². The van der Waals surface area contributed by atoms with Crippen molar-refractivity contribution in [2.75, 3.05) is 0 Å². The van der Waals surface area contributed by atoms with Crippen LogP contribution < -0.4 is 4.74 Å². The molecular weight excluding hydrogens is 484 g/mol. The Balaban J connectivity index is 1.68. The molecule has 7 heteroatoms. The van der Waals surface area contributed by atoms with E-state index in [-0.39, 0.29) is 24.0 Å². The minimum Gasteiger partial charge on any atom is -0.489 e. The summed E-state index contributed by atoms with van der Waals surface area (Å²) in [6, 6.07) is 14.9. The van der Waals surface area contributed by atoms with E-state index in [0.717, 1.165) is 47.7 Å². The summed E-state index contributed by atoms with van der Waals surface area (Å²) in [5, 5.41) is 8.91. The number of carbonyl (C=O) groups is 1. The molecule has 37 heavy (non-hydrogen) atoms. The molecule has 0 bridgehead atoms. The second kappa shape index (κ2) is 10.4. The molecule has 4 rings (SSSR count). The van der Waals surface area contributed by atoms with Crippen molar-refractivity contribution in [3.05, 3.63) is 94.8 Å². The molecule has 0 amide bonds. The number of aliphatic carboxylic acids is 1. The molecular formula is C30H28F4O3. The van der Waals surface area contributed by atoms with Crippen LogP contribution in [0.5, 0.6) is 5.75 Å². The summed E-state index contributed by atoms with van der Waals surface area (Å²) < 4.78 is 61.0. The van der Waals surface area contributed by atoms with Crippen LogP contribution in [-0.4, -0.2) is 11.1 Å². The van der Waals surface area contributed by atoms with E-state index >= 15 is 0 Å². The highest BCUT2D eigenvalue weighted by Crippen LogP contribution is 2.47. The first kappa shape index (κ1) is 26.5. The summed E-state index contributed by atoms with van der Waals surface area (Å²) in [6.45, 7) is 4.34. The molecule has 3 aromatic carbocycles. The van der Waals surface area contributed by atoms with Gasteiger partial charge in [-0.05, 0) is 88.9 Å². The minimum absolute atomic E-state index is 0.0191. The van der Waals surface area contributed by atoms with Crippen molar-refractivity contribution in [3.8, 4) is 16.9 Å². The Labute approximate surface area is 213 Å². The second-order valence-corrected chi connectivity index (χ2v) is 9.94. The number of carboxylic acids is 1. The van der Waals surface area contributed by atoms with E-state index in [1.807, 2.05) is 12.1 Å². The van der Waals surface area contributed by atoms with Crippen molar-refractivity contribution in [2.45, 2.75) is 52.3 Å². The molecule has 0 atom stereocenters. The number of hydrogen-bond acceptors (Lipinski definition) is 2. The van der Waals surface area contributed by atoms with E-state index in [0.29, 0.717) is 23.3 Å². The van der Waals surface area contributed by atoms with Crippen LogP contribution in [0.15, 0.2) is 66.7 Å². The molecule has 0 heterocycles. The number of halogens is 4. The highest BCUT2D eigenvalue weighted by molar-refractivity contribution is 5.85. The number of benzene rings is 3. The lowest BCUT2D eigenvalue weighted by atomic mass is 9.79. The van der Waals surface area contributed by atoms with Gasteiger partial charge in [-0.2, -0.15) is 13.2 Å². The topological polar surface area (TPSA) is 46.5 Å². The number of hydrogen-bond donors (Lipinski definition) is 1. The Hall–Kier alpha value is -3.61. The van der Waals surface area contributed by atoms with Crippen LogP contribution in [0.2, 0.25) is 0 Å². The van der Waals surface area contributed by atoms with Crippen molar-refractivity contribution in [2.24, 2.45) is 5.41 Å². The van der Waals surface area contributed by atoms with Gasteiger partial charge in [0.2, 0.25) is 0 Å². The van der Waals surface area contributed by atoms with Crippen molar-refractivity contribution >= 4 is 11.5 Å². The van der Waals surface area contributed by atoms with E-state index in [9.17, 15) is 22.4 Å². The number of rotatable bonds is 8. The first-order valence-corrected chi connectivity index (χ1v) is 12.1. The molecule has 0 fully saturated rings. The Bertz CT molecular complexity index is 1340. The summed E-state index contributed by atoms with van der Waals surface area (Å²) in [7, 11) is 0. The highest BCUT2D eigenvalue weighted by Gasteiger charge is 2.33. The van der Waals surface area contributed by atoms with Crippen LogP contribution in [-0.2, 0) is 24.0 Å². The standard InChI is InChI=1S/C30H28F4O3/c1-29(2)14-4-7-26(29)24-16-20(18-37-22-6-3-5-19(15-22)9-13-28(35)36)8-11-23(24)25-17-21(30(32,33)34)10-12-27(25)31/h3,5-8,10-12,15-17H,4,9,13-14,18H2,1-2H3,(H,35,36). The predicted molar refractivity (Wildman–Crippen MR) is 135 cm³/mol. The van der Waals surface area contributed by atoms with Gasteiger partial charge >= 0.3 is 12.1 Å². The average Bonchev–Trinajstić information content (AvgIpc) is 3.20. The fourth-order valence-corrected chi connectivity index (χ4v) is 4.72. The summed E-state index contributed by atoms with van der Waals surface area (Å²) in [4.78, 5) is 10.9. The Morgan fingerprint density at radius 2 is 1.76 bits per heavy atom. The number of alkyl halides is 3. The van der Waals surface area contributed by atoms with E-state index in [1.165, 1.54) is 0 Å². The third-order valence-electron chi connectivity index (χ3n) is 6.74. The van der Waals surface area contributed by atoms with Crippen molar-refractivity contribution in [1.82, 2.24) is 0 Å². The Kier molecular flexibility index (Phi) is 7.44. The van der Waals surface area contributed by atoms with E-state index in [2.05, 4.69) is 19.9 Å². The quantitative estimate of drug-likeness (QED) is 0.309. The maximum atomic E-state index is 14.9. The first-order chi connectivity index (χ1) is 17.4. The molecule has 1 aliphatic carbocycles. The summed E-state index contributed by atoms with van der Waals surface area (Å²) in [5.74, 6) is -1.01. The average molecular weight is 513 g/mol. The molecule has 0 unspecified atom stereocenters. The van der Waals surface area contributed by atoms with E-state index in [1.54, 1.807) is 30.3 Å². The second-order valence-electron chi connectivity index (χ2n) is 9.94. The minimum atomic E-state index is -4.58. The summed E-state index contributed by atoms with van der Waals surface area (Å²) in [6.07, 6.45) is -0.391. The van der Waals surface area contributed by atoms with Gasteiger partial charge in [0, 0.05) is 12.0 Å². The van der Waals surface area contributed by atoms with Gasteiger partial charge in [-0.15, -0.1) is 0 Å². The van der Waals surface area contributed by atoms with Gasteiger partial charge in [-0.25, -0.2) is 4.39 Å². The Morgan fingerprint density at radius 1 is 0.973 bits per heavy atom. The van der Waals surface area contributed by atoms with Gasteiger partial charge < -0.3 is 9.84 Å². The van der Waals surface area contributed by atoms with Gasteiger partial charge in [-0.1, -0.05) is 44.2 Å². The lowest BCUT2D eigenvalue weighted by Crippen LogP contribution is -2.11. The summed E-state index contributed by atoms with van der Waals surface area (Å²) >= 11 is 0. The first-order valence-electron chi connectivity index (χ1n) is 12.1. The van der Waals surface area contributed by atoms with Crippen LogP contribution in [0.4, 0.5) is 17.6 Å². The number of ether oxygens (including phenoxy) is 1. The van der Waals surface area contributed by atoms with Crippen LogP contribution in [0, 0.1) is 11.2 Å². The van der Waals surface area contributed by atoms with Crippen LogP contribution in [0.25, 0.3) is 16.7 Å². The summed E-state index contributed by atoms with van der Waals surface area (Å²) in [5.41, 5.74) is 2.49. The molecule has 0 aromatic heterocycles. The molecule has 1 N–H and O–H groups in total. The fourth-order valence-electron chi connectivity index (χ4n) is 4.72. The van der Waals surface area contributed by atoms with E-state index < -0.39 is 23.5 Å². The zero-order valence-corrected chi connectivity index (χ0v) is 20.7. The monoisotopic (exact) mass is 512 g/mol. The normalized spacial score (nSPS) is 14.9. The molecule has 1 aliphatic rings. The molecule has 0 saturated carbocycles. The molecule has 3 nitrogen and oxygen atoms in total. The van der Waals surface area contributed by atoms with Gasteiger partial charge in [0.1, 0.15) is 18.2 Å². The predicted octanol–water partition coefficient (Wildman–Crippen LogP) is 8.31. The molecule has 194 valence electrons. The lowest BCUT2D eigenvalue weighted by molar-refractivity contribution is -0.138. The van der Waals surface area contributed by atoms with Gasteiger partial charge in [0.15, 0.2) is 0 Å². The highest BCUT2D eigenvalue weighted by atomic mass is 19.4. The number of allylic oxidation sites excluding steroid dienone is 2. The maximum Gasteiger partial charge on any atom is 0.416 e. The van der Waals surface area contributed by atoms with Crippen molar-refractivity contribution in [1.29, 1.82) is 0 Å². The third kappa shape index (κ3) is 6.21. The van der Waals surface area contributed by atoms with Gasteiger partial charge in [0.05, 0.1) is 5.56 Å². The maximum absolute atomic E-state index is 14.9. The molecule has 0 radical (unpaired) electrons. The Morgan fingerprint density at radius 3 is 2.43 bits per heavy atom. The van der Waals surface area contributed by atoms with Gasteiger partial charge in [0.25, 0.3) is 0 Å². The zero-order chi connectivity index (χ0) is 26.8. The zero-order valence-electron chi connectivity index (χ0n) is 20.7. The molecule has 0 aliphatic heterocycles. The number of aryl methyl sites for hydroxylation is 1. The lowest BCUT2D eigenvalue weighted by Gasteiger charge is -2.26. The van der Waals surface area contributed by atoms with E-state index in [4.69, 9.17) is 9.84 Å².